The molecule has 11 heteroatoms. The fourth-order valence-electron chi connectivity index (χ4n) is 3.54. The molecule has 0 bridgehead atoms. The van der Waals surface area contributed by atoms with E-state index in [1.54, 1.807) is 11.8 Å². The zero-order valence-electron chi connectivity index (χ0n) is 17.5. The monoisotopic (exact) mass is 495 g/mol. The Labute approximate surface area is 193 Å². The molecule has 0 radical (unpaired) electrons. The summed E-state index contributed by atoms with van der Waals surface area (Å²) in [4.78, 5) is 19.4. The van der Waals surface area contributed by atoms with Crippen LogP contribution in [-0.2, 0) is 16.2 Å². The van der Waals surface area contributed by atoms with Crippen LogP contribution in [0.2, 0.25) is 0 Å². The van der Waals surface area contributed by atoms with Gasteiger partial charge in [0.1, 0.15) is 9.88 Å². The van der Waals surface area contributed by atoms with E-state index in [9.17, 15) is 26.4 Å². The summed E-state index contributed by atoms with van der Waals surface area (Å²) < 4.78 is 65.1. The van der Waals surface area contributed by atoms with Crippen molar-refractivity contribution in [1.82, 2.24) is 14.2 Å². The van der Waals surface area contributed by atoms with Crippen LogP contribution in [0.1, 0.15) is 20.9 Å². The average Bonchev–Trinajstić information content (AvgIpc) is 3.20. The van der Waals surface area contributed by atoms with E-state index in [2.05, 4.69) is 4.98 Å². The molecule has 33 heavy (non-hydrogen) atoms. The number of hydrogen-bond acceptors (Lipinski definition) is 5. The predicted octanol–water partition coefficient (Wildman–Crippen LogP) is 4.28. The Kier molecular flexibility index (Phi) is 6.30. The average molecular weight is 496 g/mol. The number of thiazole rings is 1. The zero-order valence-corrected chi connectivity index (χ0v) is 19.2. The number of piperazine rings is 1. The normalized spacial score (nSPS) is 15.6. The molecule has 1 saturated heterocycles. The SMILES string of the molecule is Cc1nc(-c2ccccc2)sc1C(=O)N1CCN(S(=O)(=O)c2ccc(C(F)(F)F)cc2)CC1. The van der Waals surface area contributed by atoms with Crippen LogP contribution < -0.4 is 0 Å². The van der Waals surface area contributed by atoms with Crippen LogP contribution in [0.15, 0.2) is 59.5 Å². The Morgan fingerprint density at radius 1 is 0.970 bits per heavy atom. The van der Waals surface area contributed by atoms with Crippen molar-refractivity contribution in [3.63, 3.8) is 0 Å². The summed E-state index contributed by atoms with van der Waals surface area (Å²) in [6, 6.07) is 12.9. The van der Waals surface area contributed by atoms with Gasteiger partial charge in [-0.2, -0.15) is 17.5 Å². The number of benzene rings is 2. The van der Waals surface area contributed by atoms with Crippen LogP contribution in [0.25, 0.3) is 10.6 Å². The third-order valence-electron chi connectivity index (χ3n) is 5.36. The largest absolute Gasteiger partial charge is 0.416 e. The van der Waals surface area contributed by atoms with Gasteiger partial charge in [0.25, 0.3) is 5.91 Å². The maximum Gasteiger partial charge on any atom is 0.416 e. The third kappa shape index (κ3) is 4.80. The van der Waals surface area contributed by atoms with E-state index in [0.29, 0.717) is 10.6 Å². The number of aryl methyl sites for hydroxylation is 1. The Morgan fingerprint density at radius 3 is 2.15 bits per heavy atom. The summed E-state index contributed by atoms with van der Waals surface area (Å²) in [6.07, 6.45) is -4.54. The second kappa shape index (κ2) is 8.88. The number of aromatic nitrogens is 1. The first-order valence-electron chi connectivity index (χ1n) is 10.1. The molecule has 0 atom stereocenters. The van der Waals surface area contributed by atoms with Gasteiger partial charge in [0, 0.05) is 31.7 Å². The molecule has 0 aliphatic carbocycles. The first kappa shape index (κ1) is 23.4. The van der Waals surface area contributed by atoms with Crippen LogP contribution >= 0.6 is 11.3 Å². The van der Waals surface area contributed by atoms with Gasteiger partial charge in [-0.1, -0.05) is 30.3 Å². The Bertz CT molecular complexity index is 1250. The summed E-state index contributed by atoms with van der Waals surface area (Å²) >= 11 is 1.29. The van der Waals surface area contributed by atoms with Gasteiger partial charge in [0.2, 0.25) is 10.0 Å². The minimum atomic E-state index is -4.54. The third-order valence-corrected chi connectivity index (χ3v) is 8.46. The van der Waals surface area contributed by atoms with E-state index in [1.807, 2.05) is 30.3 Å². The van der Waals surface area contributed by atoms with Gasteiger partial charge in [-0.15, -0.1) is 11.3 Å². The minimum absolute atomic E-state index is 0.0541. The molecule has 0 spiro atoms. The molecule has 0 unspecified atom stereocenters. The zero-order chi connectivity index (χ0) is 23.8. The van der Waals surface area contributed by atoms with Gasteiger partial charge in [-0.05, 0) is 31.2 Å². The topological polar surface area (TPSA) is 70.6 Å². The van der Waals surface area contributed by atoms with E-state index in [0.717, 1.165) is 34.8 Å². The maximum absolute atomic E-state index is 13.0. The summed E-state index contributed by atoms with van der Waals surface area (Å²) in [5.74, 6) is -0.209. The molecule has 1 aliphatic heterocycles. The van der Waals surface area contributed by atoms with Crippen LogP contribution in [0.5, 0.6) is 0 Å². The molecule has 0 saturated carbocycles. The van der Waals surface area contributed by atoms with E-state index >= 15 is 0 Å². The standard InChI is InChI=1S/C22H20F3N3O3S2/c1-15-19(32-20(26-15)16-5-3-2-4-6-16)21(29)27-11-13-28(14-12-27)33(30,31)18-9-7-17(8-10-18)22(23,24)25/h2-10H,11-14H2,1H3. The molecule has 174 valence electrons. The van der Waals surface area contributed by atoms with E-state index in [1.165, 1.54) is 15.6 Å². The molecule has 2 aromatic carbocycles. The number of nitrogens with zero attached hydrogens (tertiary/aromatic N) is 3. The molecule has 3 aromatic rings. The molecule has 2 heterocycles. The number of halogens is 3. The van der Waals surface area contributed by atoms with Crippen molar-refractivity contribution in [3.05, 3.63) is 70.7 Å². The Morgan fingerprint density at radius 2 is 1.58 bits per heavy atom. The summed E-state index contributed by atoms with van der Waals surface area (Å²) in [5.41, 5.74) is 0.618. The number of sulfonamides is 1. The van der Waals surface area contributed by atoms with Crippen molar-refractivity contribution in [2.24, 2.45) is 0 Å². The molecule has 1 fully saturated rings. The van der Waals surface area contributed by atoms with Crippen molar-refractivity contribution < 1.29 is 26.4 Å². The lowest BCUT2D eigenvalue weighted by Crippen LogP contribution is -2.50. The fraction of sp³-hybridized carbons (Fsp3) is 0.273. The second-order valence-electron chi connectivity index (χ2n) is 7.52. The molecular formula is C22H20F3N3O3S2. The molecule has 1 aromatic heterocycles. The van der Waals surface area contributed by atoms with Gasteiger partial charge < -0.3 is 4.90 Å². The molecule has 6 nitrogen and oxygen atoms in total. The van der Waals surface area contributed by atoms with Crippen molar-refractivity contribution in [2.75, 3.05) is 26.2 Å². The molecule has 0 N–H and O–H groups in total. The molecule has 4 rings (SSSR count). The number of hydrogen-bond donors (Lipinski definition) is 0. The van der Waals surface area contributed by atoms with Crippen LogP contribution in [0.3, 0.4) is 0 Å². The van der Waals surface area contributed by atoms with Gasteiger partial charge >= 0.3 is 6.18 Å². The van der Waals surface area contributed by atoms with Crippen LogP contribution in [0.4, 0.5) is 13.2 Å². The molecule has 1 amide bonds. The number of carbonyl (C=O) groups is 1. The van der Waals surface area contributed by atoms with Crippen molar-refractivity contribution >= 4 is 27.3 Å². The fourth-order valence-corrected chi connectivity index (χ4v) is 6.00. The number of amides is 1. The number of alkyl halides is 3. The van der Waals surface area contributed by atoms with Crippen molar-refractivity contribution in [2.45, 2.75) is 18.0 Å². The predicted molar refractivity (Wildman–Crippen MR) is 118 cm³/mol. The van der Waals surface area contributed by atoms with Gasteiger partial charge in [-0.3, -0.25) is 4.79 Å². The van der Waals surface area contributed by atoms with Gasteiger partial charge in [0.15, 0.2) is 0 Å². The molecule has 1 aliphatic rings. The highest BCUT2D eigenvalue weighted by molar-refractivity contribution is 7.89. The van der Waals surface area contributed by atoms with Gasteiger partial charge in [0.05, 0.1) is 16.2 Å². The van der Waals surface area contributed by atoms with Crippen molar-refractivity contribution in [3.8, 4) is 10.6 Å². The highest BCUT2D eigenvalue weighted by Crippen LogP contribution is 2.31. The summed E-state index contributed by atoms with van der Waals surface area (Å²) in [6.45, 7) is 2.23. The minimum Gasteiger partial charge on any atom is -0.335 e. The smallest absolute Gasteiger partial charge is 0.335 e. The highest BCUT2D eigenvalue weighted by atomic mass is 32.2. The number of rotatable bonds is 4. The van der Waals surface area contributed by atoms with E-state index < -0.39 is 21.8 Å². The number of carbonyl (C=O) groups excluding carboxylic acids is 1. The van der Waals surface area contributed by atoms with Crippen molar-refractivity contribution in [1.29, 1.82) is 0 Å². The highest BCUT2D eigenvalue weighted by Gasteiger charge is 2.34. The lowest BCUT2D eigenvalue weighted by atomic mass is 10.2. The lowest BCUT2D eigenvalue weighted by molar-refractivity contribution is -0.137. The first-order chi connectivity index (χ1) is 15.6. The van der Waals surface area contributed by atoms with Crippen LogP contribution in [0, 0.1) is 6.92 Å². The molecular weight excluding hydrogens is 475 g/mol. The first-order valence-corrected chi connectivity index (χ1v) is 12.3. The lowest BCUT2D eigenvalue weighted by Gasteiger charge is -2.33. The maximum atomic E-state index is 13.0. The van der Waals surface area contributed by atoms with Crippen LogP contribution in [-0.4, -0.2) is 54.7 Å². The Hall–Kier alpha value is -2.76. The summed E-state index contributed by atoms with van der Waals surface area (Å²) in [5, 5.41) is 0.736. The summed E-state index contributed by atoms with van der Waals surface area (Å²) in [7, 11) is -3.96. The second-order valence-corrected chi connectivity index (χ2v) is 10.5. The van der Waals surface area contributed by atoms with E-state index in [4.69, 9.17) is 0 Å². The van der Waals surface area contributed by atoms with E-state index in [-0.39, 0.29) is 37.0 Å². The quantitative estimate of drug-likeness (QED) is 0.542. The van der Waals surface area contributed by atoms with Gasteiger partial charge in [-0.25, -0.2) is 13.4 Å². The Balaban J connectivity index is 1.44.